The molecule has 22 heavy (non-hydrogen) atoms. The number of Topliss-reactive ketones (excluding diaryl/α,β-unsaturated/α-hetero) is 1. The van der Waals surface area contributed by atoms with Gasteiger partial charge < -0.3 is 14.8 Å². The van der Waals surface area contributed by atoms with Crippen molar-refractivity contribution in [1.82, 2.24) is 10.3 Å². The number of methoxy groups -OCH3 is 2. The van der Waals surface area contributed by atoms with E-state index in [-0.39, 0.29) is 11.7 Å². The molecule has 1 aromatic heterocycles. The molecule has 2 aliphatic rings. The second-order valence-corrected chi connectivity index (χ2v) is 5.73. The van der Waals surface area contributed by atoms with Gasteiger partial charge in [-0.2, -0.15) is 0 Å². The average Bonchev–Trinajstić information content (AvgIpc) is 2.50. The first-order chi connectivity index (χ1) is 10.5. The monoisotopic (exact) mass is 302 g/mol. The lowest BCUT2D eigenvalue weighted by Gasteiger charge is -2.43. The fourth-order valence-corrected chi connectivity index (χ4v) is 3.43. The van der Waals surface area contributed by atoms with Gasteiger partial charge in [0.05, 0.1) is 19.9 Å². The van der Waals surface area contributed by atoms with Crippen LogP contribution in [0.25, 0.3) is 0 Å². The Hall–Kier alpha value is -2.37. The van der Waals surface area contributed by atoms with Gasteiger partial charge in [-0.15, -0.1) is 0 Å². The summed E-state index contributed by atoms with van der Waals surface area (Å²) in [7, 11) is 2.84. The van der Waals surface area contributed by atoms with Crippen LogP contribution >= 0.6 is 0 Å². The number of hydrogen-bond donors (Lipinski definition) is 1. The molecule has 0 spiro atoms. The molecule has 6 nitrogen and oxygen atoms in total. The molecule has 1 amide bonds. The molecule has 6 heteroatoms. The molecule has 3 rings (SSSR count). The van der Waals surface area contributed by atoms with Crippen LogP contribution in [0.15, 0.2) is 23.8 Å². The van der Waals surface area contributed by atoms with Gasteiger partial charge in [-0.25, -0.2) is 9.78 Å². The predicted molar refractivity (Wildman–Crippen MR) is 78.6 cm³/mol. The van der Waals surface area contributed by atoms with E-state index in [0.717, 1.165) is 16.8 Å². The minimum atomic E-state index is -1.09. The summed E-state index contributed by atoms with van der Waals surface area (Å²) in [4.78, 5) is 29.1. The molecule has 1 heterocycles. The van der Waals surface area contributed by atoms with Crippen LogP contribution in [0.4, 0.5) is 4.79 Å². The van der Waals surface area contributed by atoms with Crippen molar-refractivity contribution < 1.29 is 19.1 Å². The zero-order chi connectivity index (χ0) is 15.9. The average molecular weight is 302 g/mol. The number of rotatable bonds is 2. The standard InChI is InChI=1S/C16H18N2O4/c1-9-6-10-7-12-11(4-5-13(17-12)21-2)16(8-9,14(10)19)18-15(20)22-3/h4-6,10H,7-8H2,1-3H3,(H,18,20)/t10-,16-/m0/s1. The second-order valence-electron chi connectivity index (χ2n) is 5.73. The van der Waals surface area contributed by atoms with Crippen LogP contribution in [-0.2, 0) is 21.5 Å². The largest absolute Gasteiger partial charge is 0.481 e. The molecule has 2 bridgehead atoms. The number of amides is 1. The number of ketones is 1. The van der Waals surface area contributed by atoms with Crippen molar-refractivity contribution in [1.29, 1.82) is 0 Å². The van der Waals surface area contributed by atoms with Crippen LogP contribution in [0.1, 0.15) is 24.6 Å². The van der Waals surface area contributed by atoms with E-state index in [1.54, 1.807) is 13.2 Å². The number of carbonyl (C=O) groups is 2. The van der Waals surface area contributed by atoms with Crippen LogP contribution in [0.5, 0.6) is 5.88 Å². The first kappa shape index (κ1) is 14.6. The Morgan fingerprint density at radius 2 is 2.18 bits per heavy atom. The lowest BCUT2D eigenvalue weighted by atomic mass is 9.65. The highest BCUT2D eigenvalue weighted by atomic mass is 16.5. The Morgan fingerprint density at radius 3 is 2.86 bits per heavy atom. The van der Waals surface area contributed by atoms with Gasteiger partial charge in [-0.05, 0) is 13.0 Å². The number of hydrogen-bond acceptors (Lipinski definition) is 5. The molecule has 0 saturated heterocycles. The predicted octanol–water partition coefficient (Wildman–Crippen LogP) is 1.73. The third-order valence-electron chi connectivity index (χ3n) is 4.32. The van der Waals surface area contributed by atoms with E-state index in [0.29, 0.717) is 18.7 Å². The molecular weight excluding hydrogens is 284 g/mol. The minimum absolute atomic E-state index is 0.0111. The molecule has 0 aliphatic heterocycles. The molecule has 2 aliphatic carbocycles. The third kappa shape index (κ3) is 2.06. The number of nitrogens with one attached hydrogen (secondary N) is 1. The van der Waals surface area contributed by atoms with Crippen molar-refractivity contribution in [2.75, 3.05) is 14.2 Å². The number of nitrogens with zero attached hydrogens (tertiary/aromatic N) is 1. The van der Waals surface area contributed by atoms with Crippen molar-refractivity contribution in [2.24, 2.45) is 5.92 Å². The summed E-state index contributed by atoms with van der Waals surface area (Å²) in [5, 5.41) is 2.75. The van der Waals surface area contributed by atoms with E-state index < -0.39 is 11.6 Å². The zero-order valence-corrected chi connectivity index (χ0v) is 12.8. The van der Waals surface area contributed by atoms with Crippen LogP contribution in [0, 0.1) is 5.92 Å². The fraction of sp³-hybridized carbons (Fsp3) is 0.438. The summed E-state index contributed by atoms with van der Waals surface area (Å²) >= 11 is 0. The van der Waals surface area contributed by atoms with E-state index in [1.165, 1.54) is 7.11 Å². The maximum Gasteiger partial charge on any atom is 0.407 e. The summed E-state index contributed by atoms with van der Waals surface area (Å²) in [6.45, 7) is 1.97. The molecule has 0 saturated carbocycles. The lowest BCUT2D eigenvalue weighted by molar-refractivity contribution is -0.129. The second kappa shape index (κ2) is 5.12. The summed E-state index contributed by atoms with van der Waals surface area (Å²) < 4.78 is 9.88. The van der Waals surface area contributed by atoms with Gasteiger partial charge in [0.2, 0.25) is 5.88 Å². The van der Waals surface area contributed by atoms with Crippen LogP contribution in [0.3, 0.4) is 0 Å². The maximum atomic E-state index is 12.9. The number of carbonyl (C=O) groups excluding carboxylic acids is 2. The first-order valence-electron chi connectivity index (χ1n) is 7.12. The molecule has 0 unspecified atom stereocenters. The minimum Gasteiger partial charge on any atom is -0.481 e. The van der Waals surface area contributed by atoms with Crippen molar-refractivity contribution in [2.45, 2.75) is 25.3 Å². The molecular formula is C16H18N2O4. The molecule has 0 fully saturated rings. The van der Waals surface area contributed by atoms with Gasteiger partial charge in [-0.3, -0.25) is 4.79 Å². The quantitative estimate of drug-likeness (QED) is 0.842. The highest BCUT2D eigenvalue weighted by Gasteiger charge is 2.51. The first-order valence-corrected chi connectivity index (χ1v) is 7.12. The van der Waals surface area contributed by atoms with Gasteiger partial charge >= 0.3 is 6.09 Å². The van der Waals surface area contributed by atoms with Gasteiger partial charge in [0.15, 0.2) is 5.78 Å². The number of allylic oxidation sites excluding steroid dienone is 1. The van der Waals surface area contributed by atoms with E-state index in [2.05, 4.69) is 10.3 Å². The highest BCUT2D eigenvalue weighted by Crippen LogP contribution is 2.43. The van der Waals surface area contributed by atoms with Gasteiger partial charge in [0.25, 0.3) is 0 Å². The van der Waals surface area contributed by atoms with E-state index >= 15 is 0 Å². The van der Waals surface area contributed by atoms with E-state index in [9.17, 15) is 9.59 Å². The molecule has 0 aromatic carbocycles. The van der Waals surface area contributed by atoms with E-state index in [1.807, 2.05) is 19.1 Å². The lowest BCUT2D eigenvalue weighted by Crippen LogP contribution is -2.58. The van der Waals surface area contributed by atoms with Crippen molar-refractivity contribution >= 4 is 11.9 Å². The SMILES string of the molecule is COC(=O)N[C@@]12CC(C)=C[C@@H](Cc3nc(OC)ccc31)C2=O. The maximum absolute atomic E-state index is 12.9. The Bertz CT molecular complexity index is 683. The smallest absolute Gasteiger partial charge is 0.407 e. The number of ether oxygens (including phenoxy) is 2. The van der Waals surface area contributed by atoms with Crippen molar-refractivity contribution in [3.63, 3.8) is 0 Å². The summed E-state index contributed by atoms with van der Waals surface area (Å²) in [6, 6.07) is 3.52. The summed E-state index contributed by atoms with van der Waals surface area (Å²) in [5.41, 5.74) is 1.49. The van der Waals surface area contributed by atoms with Gasteiger partial charge in [-0.1, -0.05) is 11.6 Å². The van der Waals surface area contributed by atoms with Crippen molar-refractivity contribution in [3.8, 4) is 5.88 Å². The van der Waals surface area contributed by atoms with E-state index in [4.69, 9.17) is 9.47 Å². The molecule has 1 aromatic rings. The Morgan fingerprint density at radius 1 is 1.41 bits per heavy atom. The van der Waals surface area contributed by atoms with Gasteiger partial charge in [0, 0.05) is 30.4 Å². The molecule has 0 radical (unpaired) electrons. The molecule has 1 N–H and O–H groups in total. The van der Waals surface area contributed by atoms with Crippen LogP contribution < -0.4 is 10.1 Å². The summed E-state index contributed by atoms with van der Waals surface area (Å²) in [6.07, 6.45) is 2.29. The van der Waals surface area contributed by atoms with Gasteiger partial charge in [0.1, 0.15) is 5.54 Å². The summed E-state index contributed by atoms with van der Waals surface area (Å²) in [5.74, 6) is 0.209. The zero-order valence-electron chi connectivity index (χ0n) is 12.8. The number of pyridine rings is 1. The van der Waals surface area contributed by atoms with Crippen LogP contribution in [0.2, 0.25) is 0 Å². The third-order valence-corrected chi connectivity index (χ3v) is 4.32. The Kier molecular flexibility index (Phi) is 3.39. The highest BCUT2D eigenvalue weighted by molar-refractivity contribution is 5.98. The normalized spacial score (nSPS) is 25.9. The Balaban J connectivity index is 2.16. The number of alkyl carbamates (subject to hydrolysis) is 1. The fourth-order valence-electron chi connectivity index (χ4n) is 3.43. The molecule has 2 atom stereocenters. The number of aromatic nitrogens is 1. The Labute approximate surface area is 128 Å². The molecule has 116 valence electrons. The number of fused-ring (bicyclic) bond motifs is 4. The van der Waals surface area contributed by atoms with Crippen molar-refractivity contribution in [3.05, 3.63) is 35.0 Å². The van der Waals surface area contributed by atoms with Crippen LogP contribution in [-0.4, -0.2) is 31.1 Å². The topological polar surface area (TPSA) is 77.5 Å².